The van der Waals surface area contributed by atoms with Crippen molar-refractivity contribution < 1.29 is 13.2 Å². The number of nitrogens with zero attached hydrogens (tertiary/aromatic N) is 3. The fourth-order valence-electron chi connectivity index (χ4n) is 2.77. The topological polar surface area (TPSA) is 96.3 Å². The SMILES string of the molecule is Cc1c(C(C)NC(=O)NC2CCN(S(C)(=O)=O)CC2)cnn1C. The summed E-state index contributed by atoms with van der Waals surface area (Å²) < 4.78 is 26.2. The number of aromatic nitrogens is 2. The van der Waals surface area contributed by atoms with Crippen LogP contribution in [0.2, 0.25) is 0 Å². The summed E-state index contributed by atoms with van der Waals surface area (Å²) in [6, 6.07) is -0.381. The molecule has 0 saturated carbocycles. The molecule has 0 radical (unpaired) electrons. The molecule has 1 fully saturated rings. The smallest absolute Gasteiger partial charge is 0.315 e. The molecular formula is C14H25N5O3S. The summed E-state index contributed by atoms with van der Waals surface area (Å²) in [7, 11) is -1.28. The van der Waals surface area contributed by atoms with Crippen LogP contribution in [-0.2, 0) is 17.1 Å². The van der Waals surface area contributed by atoms with E-state index in [4.69, 9.17) is 0 Å². The van der Waals surface area contributed by atoms with Gasteiger partial charge in [-0.05, 0) is 26.7 Å². The number of aryl methyl sites for hydroxylation is 1. The Morgan fingerprint density at radius 1 is 1.39 bits per heavy atom. The minimum atomic E-state index is -3.14. The van der Waals surface area contributed by atoms with E-state index in [1.165, 1.54) is 10.6 Å². The van der Waals surface area contributed by atoms with E-state index in [0.29, 0.717) is 25.9 Å². The van der Waals surface area contributed by atoms with Gasteiger partial charge in [-0.25, -0.2) is 17.5 Å². The molecule has 23 heavy (non-hydrogen) atoms. The Morgan fingerprint density at radius 3 is 2.48 bits per heavy atom. The molecule has 0 aromatic carbocycles. The largest absolute Gasteiger partial charge is 0.335 e. The molecule has 1 atom stereocenters. The number of carbonyl (C=O) groups excluding carboxylic acids is 1. The highest BCUT2D eigenvalue weighted by Crippen LogP contribution is 2.16. The zero-order valence-electron chi connectivity index (χ0n) is 14.0. The number of carbonyl (C=O) groups is 1. The van der Waals surface area contributed by atoms with Crippen LogP contribution in [-0.4, -0.2) is 53.9 Å². The van der Waals surface area contributed by atoms with Crippen molar-refractivity contribution >= 4 is 16.1 Å². The molecule has 0 aliphatic carbocycles. The Bertz CT molecular complexity index is 662. The van der Waals surface area contributed by atoms with Crippen LogP contribution < -0.4 is 10.6 Å². The summed E-state index contributed by atoms with van der Waals surface area (Å²) in [6.07, 6.45) is 4.22. The molecule has 2 amide bonds. The number of hydrogen-bond acceptors (Lipinski definition) is 4. The van der Waals surface area contributed by atoms with Gasteiger partial charge in [0, 0.05) is 37.4 Å². The summed E-state index contributed by atoms with van der Waals surface area (Å²) >= 11 is 0. The van der Waals surface area contributed by atoms with E-state index in [2.05, 4.69) is 15.7 Å². The molecule has 0 bridgehead atoms. The minimum Gasteiger partial charge on any atom is -0.335 e. The van der Waals surface area contributed by atoms with Gasteiger partial charge in [0.05, 0.1) is 18.5 Å². The fourth-order valence-corrected chi connectivity index (χ4v) is 3.65. The highest BCUT2D eigenvalue weighted by atomic mass is 32.2. The maximum atomic E-state index is 12.1. The fraction of sp³-hybridized carbons (Fsp3) is 0.714. The first-order valence-corrected chi connectivity index (χ1v) is 9.54. The molecule has 130 valence electrons. The molecule has 2 heterocycles. The van der Waals surface area contributed by atoms with E-state index in [1.807, 2.05) is 20.9 Å². The van der Waals surface area contributed by atoms with Crippen LogP contribution in [0.15, 0.2) is 6.20 Å². The van der Waals surface area contributed by atoms with Crippen LogP contribution in [0.3, 0.4) is 0 Å². The molecular weight excluding hydrogens is 318 g/mol. The number of piperidine rings is 1. The second kappa shape index (κ2) is 6.88. The van der Waals surface area contributed by atoms with Crippen LogP contribution in [0.5, 0.6) is 0 Å². The third kappa shape index (κ3) is 4.44. The van der Waals surface area contributed by atoms with Gasteiger partial charge in [-0.3, -0.25) is 4.68 Å². The molecule has 2 N–H and O–H groups in total. The first kappa shape index (κ1) is 17.7. The van der Waals surface area contributed by atoms with E-state index in [9.17, 15) is 13.2 Å². The van der Waals surface area contributed by atoms with Crippen molar-refractivity contribution in [2.24, 2.45) is 7.05 Å². The van der Waals surface area contributed by atoms with Gasteiger partial charge >= 0.3 is 6.03 Å². The molecule has 0 spiro atoms. The molecule has 1 saturated heterocycles. The molecule has 1 aromatic rings. The first-order chi connectivity index (χ1) is 10.7. The lowest BCUT2D eigenvalue weighted by molar-refractivity contribution is 0.225. The molecule has 2 rings (SSSR count). The summed E-state index contributed by atoms with van der Waals surface area (Å²) in [5, 5.41) is 10.00. The minimum absolute atomic E-state index is 0.00445. The Morgan fingerprint density at radius 2 is 2.00 bits per heavy atom. The lowest BCUT2D eigenvalue weighted by Crippen LogP contribution is -2.49. The molecule has 8 nitrogen and oxygen atoms in total. The Hall–Kier alpha value is -1.61. The first-order valence-electron chi connectivity index (χ1n) is 7.69. The second-order valence-electron chi connectivity index (χ2n) is 6.08. The van der Waals surface area contributed by atoms with Gasteiger partial charge in [0.2, 0.25) is 10.0 Å². The summed E-state index contributed by atoms with van der Waals surface area (Å²) in [5.41, 5.74) is 1.99. The Labute approximate surface area is 137 Å². The zero-order chi connectivity index (χ0) is 17.2. The van der Waals surface area contributed by atoms with Crippen LogP contribution in [0, 0.1) is 6.92 Å². The number of amides is 2. The maximum Gasteiger partial charge on any atom is 0.315 e. The van der Waals surface area contributed by atoms with Crippen LogP contribution in [0.25, 0.3) is 0 Å². The second-order valence-corrected chi connectivity index (χ2v) is 8.07. The Kier molecular flexibility index (Phi) is 5.30. The van der Waals surface area contributed by atoms with Crippen LogP contribution in [0.4, 0.5) is 4.79 Å². The molecule has 9 heteroatoms. The number of urea groups is 1. The van der Waals surface area contributed by atoms with Gasteiger partial charge in [0.25, 0.3) is 0 Å². The summed E-state index contributed by atoms with van der Waals surface area (Å²) in [5.74, 6) is 0. The third-order valence-electron chi connectivity index (χ3n) is 4.35. The van der Waals surface area contributed by atoms with Crippen molar-refractivity contribution in [2.45, 2.75) is 38.8 Å². The van der Waals surface area contributed by atoms with Crippen molar-refractivity contribution in [1.29, 1.82) is 0 Å². The van der Waals surface area contributed by atoms with Gasteiger partial charge in [-0.1, -0.05) is 0 Å². The van der Waals surface area contributed by atoms with E-state index in [-0.39, 0.29) is 18.1 Å². The van der Waals surface area contributed by atoms with Crippen molar-refractivity contribution in [3.8, 4) is 0 Å². The maximum absolute atomic E-state index is 12.1. The van der Waals surface area contributed by atoms with E-state index >= 15 is 0 Å². The zero-order valence-corrected chi connectivity index (χ0v) is 14.9. The molecule has 1 aliphatic heterocycles. The van der Waals surface area contributed by atoms with Crippen molar-refractivity contribution in [3.63, 3.8) is 0 Å². The van der Waals surface area contributed by atoms with Crippen molar-refractivity contribution in [1.82, 2.24) is 24.7 Å². The predicted molar refractivity (Wildman–Crippen MR) is 87.5 cm³/mol. The highest BCUT2D eigenvalue weighted by molar-refractivity contribution is 7.88. The van der Waals surface area contributed by atoms with Gasteiger partial charge in [-0.2, -0.15) is 5.10 Å². The van der Waals surface area contributed by atoms with Crippen molar-refractivity contribution in [2.75, 3.05) is 19.3 Å². The van der Waals surface area contributed by atoms with Gasteiger partial charge < -0.3 is 10.6 Å². The molecule has 1 aliphatic rings. The molecule has 1 unspecified atom stereocenters. The summed E-state index contributed by atoms with van der Waals surface area (Å²) in [4.78, 5) is 12.1. The van der Waals surface area contributed by atoms with Crippen molar-refractivity contribution in [3.05, 3.63) is 17.5 Å². The standard InChI is InChI=1S/C14H25N5O3S/c1-10(13-9-15-18(3)11(13)2)16-14(20)17-12-5-7-19(8-6-12)23(4,21)22/h9-10,12H,5-8H2,1-4H3,(H2,16,17,20). The summed E-state index contributed by atoms with van der Waals surface area (Å²) in [6.45, 7) is 4.76. The average Bonchev–Trinajstić information content (AvgIpc) is 2.78. The Balaban J connectivity index is 1.83. The van der Waals surface area contributed by atoms with E-state index in [0.717, 1.165) is 11.3 Å². The number of hydrogen-bond donors (Lipinski definition) is 2. The van der Waals surface area contributed by atoms with E-state index < -0.39 is 10.0 Å². The highest BCUT2D eigenvalue weighted by Gasteiger charge is 2.26. The van der Waals surface area contributed by atoms with Gasteiger partial charge in [0.15, 0.2) is 0 Å². The van der Waals surface area contributed by atoms with Gasteiger partial charge in [-0.15, -0.1) is 0 Å². The van der Waals surface area contributed by atoms with Gasteiger partial charge in [0.1, 0.15) is 0 Å². The molecule has 1 aromatic heterocycles. The average molecular weight is 343 g/mol. The lowest BCUT2D eigenvalue weighted by atomic mass is 10.1. The predicted octanol–water partition coefficient (Wildman–Crippen LogP) is 0.513. The third-order valence-corrected chi connectivity index (χ3v) is 5.65. The quantitative estimate of drug-likeness (QED) is 0.833. The lowest BCUT2D eigenvalue weighted by Gasteiger charge is -2.30. The van der Waals surface area contributed by atoms with Crippen LogP contribution in [0.1, 0.15) is 37.1 Å². The van der Waals surface area contributed by atoms with Crippen LogP contribution >= 0.6 is 0 Å². The number of rotatable bonds is 4. The monoisotopic (exact) mass is 343 g/mol. The number of nitrogens with one attached hydrogen (secondary N) is 2. The number of sulfonamides is 1. The van der Waals surface area contributed by atoms with E-state index in [1.54, 1.807) is 10.9 Å². The normalized spacial score (nSPS) is 18.6.